The van der Waals surface area contributed by atoms with E-state index in [4.69, 9.17) is 0 Å². The molecule has 2 aromatic heterocycles. The molecule has 0 radical (unpaired) electrons. The van der Waals surface area contributed by atoms with Crippen LogP contribution in [0.1, 0.15) is 51.4 Å². The molecule has 0 aliphatic rings. The van der Waals surface area contributed by atoms with Crippen molar-refractivity contribution in [1.82, 2.24) is 14.5 Å². The van der Waals surface area contributed by atoms with Gasteiger partial charge in [-0.2, -0.15) is 0 Å². The van der Waals surface area contributed by atoms with Crippen LogP contribution >= 0.6 is 11.8 Å². The summed E-state index contributed by atoms with van der Waals surface area (Å²) in [5.74, 6) is 3.56. The minimum atomic E-state index is 0.781. The van der Waals surface area contributed by atoms with Crippen molar-refractivity contribution in [3.05, 3.63) is 84.4 Å². The Morgan fingerprint density at radius 1 is 0.968 bits per heavy atom. The molecule has 0 spiro atoms. The van der Waals surface area contributed by atoms with Gasteiger partial charge >= 0.3 is 0 Å². The van der Waals surface area contributed by atoms with Gasteiger partial charge in [-0.15, -0.1) is 11.8 Å². The third kappa shape index (κ3) is 6.70. The summed E-state index contributed by atoms with van der Waals surface area (Å²) in [6.07, 6.45) is 8.03. The second kappa shape index (κ2) is 11.7. The molecule has 4 rings (SSSR count). The Balaban J connectivity index is 0.000000339. The van der Waals surface area contributed by atoms with Crippen LogP contribution in [-0.2, 0) is 5.75 Å². The van der Waals surface area contributed by atoms with Crippen LogP contribution in [0.5, 0.6) is 0 Å². The molecule has 2 heterocycles. The van der Waals surface area contributed by atoms with Crippen LogP contribution in [0.4, 0.5) is 0 Å². The lowest BCUT2D eigenvalue weighted by Gasteiger charge is -2.07. The molecule has 0 fully saturated rings. The molecule has 3 nitrogen and oxygen atoms in total. The molecule has 4 heteroatoms. The van der Waals surface area contributed by atoms with Crippen LogP contribution < -0.4 is 0 Å². The normalized spacial score (nSPS) is 10.9. The zero-order chi connectivity index (χ0) is 22.1. The molecular weight excluding hydrogens is 398 g/mol. The number of unbranched alkanes of at least 4 members (excludes halogenated alkanes) is 1. The van der Waals surface area contributed by atoms with Crippen LogP contribution in [0, 0.1) is 12.8 Å². The Morgan fingerprint density at radius 3 is 2.45 bits per heavy atom. The molecule has 0 amide bonds. The fraction of sp³-hybridized carbons (Fsp3) is 0.333. The SMILES string of the molecule is CCCCC(C)C.Cc1nccc(-n2ccc3c(SCc4ccccc4)cccc32)n1. The smallest absolute Gasteiger partial charge is 0.140 e. The summed E-state index contributed by atoms with van der Waals surface area (Å²) in [4.78, 5) is 10.0. The van der Waals surface area contributed by atoms with Crippen LogP contribution in [-0.4, -0.2) is 14.5 Å². The lowest BCUT2D eigenvalue weighted by Crippen LogP contribution is -1.98. The topological polar surface area (TPSA) is 30.7 Å². The molecule has 0 atom stereocenters. The number of fused-ring (bicyclic) bond motifs is 1. The van der Waals surface area contributed by atoms with Crippen LogP contribution in [0.15, 0.2) is 78.0 Å². The lowest BCUT2D eigenvalue weighted by atomic mass is 10.1. The summed E-state index contributed by atoms with van der Waals surface area (Å²) >= 11 is 1.87. The zero-order valence-corrected chi connectivity index (χ0v) is 19.9. The minimum absolute atomic E-state index is 0.781. The monoisotopic (exact) mass is 431 g/mol. The van der Waals surface area contributed by atoms with E-state index in [-0.39, 0.29) is 0 Å². The highest BCUT2D eigenvalue weighted by molar-refractivity contribution is 7.98. The van der Waals surface area contributed by atoms with Crippen molar-refractivity contribution in [1.29, 1.82) is 0 Å². The van der Waals surface area contributed by atoms with E-state index in [9.17, 15) is 0 Å². The second-order valence-electron chi connectivity index (χ2n) is 8.15. The average Bonchev–Trinajstić information content (AvgIpc) is 3.22. The highest BCUT2D eigenvalue weighted by Gasteiger charge is 2.08. The summed E-state index contributed by atoms with van der Waals surface area (Å²) < 4.78 is 2.12. The molecule has 0 aliphatic heterocycles. The fourth-order valence-corrected chi connectivity index (χ4v) is 4.41. The maximum Gasteiger partial charge on any atom is 0.140 e. The highest BCUT2D eigenvalue weighted by Crippen LogP contribution is 2.31. The third-order valence-electron chi connectivity index (χ3n) is 5.07. The van der Waals surface area contributed by atoms with Crippen LogP contribution in [0.25, 0.3) is 16.7 Å². The largest absolute Gasteiger partial charge is 0.301 e. The first kappa shape index (κ1) is 23.1. The summed E-state index contributed by atoms with van der Waals surface area (Å²) in [7, 11) is 0. The minimum Gasteiger partial charge on any atom is -0.301 e. The third-order valence-corrected chi connectivity index (χ3v) is 6.22. The van der Waals surface area contributed by atoms with Crippen molar-refractivity contribution in [3.63, 3.8) is 0 Å². The molecule has 2 aromatic carbocycles. The predicted molar refractivity (Wildman–Crippen MR) is 134 cm³/mol. The first-order chi connectivity index (χ1) is 15.1. The summed E-state index contributed by atoms with van der Waals surface area (Å²) in [6, 6.07) is 21.1. The lowest BCUT2D eigenvalue weighted by molar-refractivity contribution is 0.550. The molecule has 0 saturated carbocycles. The maximum absolute atomic E-state index is 4.53. The Hall–Kier alpha value is -2.59. The summed E-state index contributed by atoms with van der Waals surface area (Å²) in [5, 5.41) is 1.26. The van der Waals surface area contributed by atoms with Crippen LogP contribution in [0.2, 0.25) is 0 Å². The number of benzene rings is 2. The van der Waals surface area contributed by atoms with Crippen LogP contribution in [0.3, 0.4) is 0 Å². The molecule has 4 aromatic rings. The van der Waals surface area contributed by atoms with Gasteiger partial charge in [0.25, 0.3) is 0 Å². The van der Waals surface area contributed by atoms with Gasteiger partial charge in [-0.25, -0.2) is 9.97 Å². The Labute approximate surface area is 190 Å². The molecule has 0 unspecified atom stereocenters. The molecule has 0 saturated heterocycles. The van der Waals surface area contributed by atoms with Gasteiger partial charge < -0.3 is 4.57 Å². The quantitative estimate of drug-likeness (QED) is 0.279. The van der Waals surface area contributed by atoms with E-state index in [2.05, 4.69) is 96.1 Å². The van der Waals surface area contributed by atoms with E-state index in [0.29, 0.717) is 0 Å². The van der Waals surface area contributed by atoms with E-state index in [0.717, 1.165) is 23.3 Å². The molecule has 162 valence electrons. The Morgan fingerprint density at radius 2 is 1.77 bits per heavy atom. The molecule has 0 N–H and O–H groups in total. The van der Waals surface area contributed by atoms with Crippen molar-refractivity contribution >= 4 is 22.7 Å². The maximum atomic E-state index is 4.53. The van der Waals surface area contributed by atoms with Crippen molar-refractivity contribution in [3.8, 4) is 5.82 Å². The van der Waals surface area contributed by atoms with Gasteiger partial charge in [-0.3, -0.25) is 0 Å². The van der Waals surface area contributed by atoms with E-state index < -0.39 is 0 Å². The first-order valence-electron chi connectivity index (χ1n) is 11.1. The predicted octanol–water partition coefficient (Wildman–Crippen LogP) is 7.85. The van der Waals surface area contributed by atoms with E-state index >= 15 is 0 Å². The van der Waals surface area contributed by atoms with Crippen molar-refractivity contribution < 1.29 is 0 Å². The zero-order valence-electron chi connectivity index (χ0n) is 19.1. The number of aromatic nitrogens is 3. The van der Waals surface area contributed by atoms with Crippen molar-refractivity contribution in [2.75, 3.05) is 0 Å². The molecule has 31 heavy (non-hydrogen) atoms. The van der Waals surface area contributed by atoms with Gasteiger partial charge in [0.15, 0.2) is 0 Å². The Kier molecular flexibility index (Phi) is 8.72. The average molecular weight is 432 g/mol. The number of hydrogen-bond acceptors (Lipinski definition) is 3. The summed E-state index contributed by atoms with van der Waals surface area (Å²) in [6.45, 7) is 8.70. The standard InChI is InChI=1S/C20H17N3S.C7H16/c1-15-21-12-10-20(22-15)23-13-11-17-18(23)8-5-9-19(17)24-14-16-6-3-2-4-7-16;1-4-5-6-7(2)3/h2-13H,14H2,1H3;7H,4-6H2,1-3H3. The second-order valence-corrected chi connectivity index (χ2v) is 9.16. The Bertz CT molecular complexity index is 1070. The number of nitrogens with zero attached hydrogens (tertiary/aromatic N) is 3. The number of aryl methyl sites for hydroxylation is 1. The fourth-order valence-electron chi connectivity index (χ4n) is 3.39. The highest BCUT2D eigenvalue weighted by atomic mass is 32.2. The van der Waals surface area contributed by atoms with Crippen molar-refractivity contribution in [2.45, 2.75) is 57.6 Å². The first-order valence-corrected chi connectivity index (χ1v) is 12.1. The molecular formula is C27H33N3S. The number of rotatable bonds is 7. The molecule has 0 bridgehead atoms. The van der Waals surface area contributed by atoms with Gasteiger partial charge in [0.2, 0.25) is 0 Å². The number of hydrogen-bond donors (Lipinski definition) is 0. The van der Waals surface area contributed by atoms with E-state index in [1.807, 2.05) is 24.8 Å². The van der Waals surface area contributed by atoms with Gasteiger partial charge in [0.1, 0.15) is 11.6 Å². The van der Waals surface area contributed by atoms with E-state index in [1.165, 1.54) is 40.6 Å². The van der Waals surface area contributed by atoms with Gasteiger partial charge in [0.05, 0.1) is 5.52 Å². The van der Waals surface area contributed by atoms with Gasteiger partial charge in [-0.05, 0) is 42.7 Å². The van der Waals surface area contributed by atoms with E-state index in [1.54, 1.807) is 6.20 Å². The number of thioether (sulfide) groups is 1. The van der Waals surface area contributed by atoms with Gasteiger partial charge in [-0.1, -0.05) is 76.4 Å². The van der Waals surface area contributed by atoms with Gasteiger partial charge in [0, 0.05) is 28.4 Å². The summed E-state index contributed by atoms with van der Waals surface area (Å²) in [5.41, 5.74) is 2.51. The van der Waals surface area contributed by atoms with Crippen molar-refractivity contribution in [2.24, 2.45) is 5.92 Å². The molecule has 0 aliphatic carbocycles.